The van der Waals surface area contributed by atoms with Gasteiger partial charge in [-0.25, -0.2) is 0 Å². The Balaban J connectivity index is 0.000000360. The van der Waals surface area contributed by atoms with Crippen molar-refractivity contribution in [3.63, 3.8) is 0 Å². The molecule has 0 aliphatic carbocycles. The van der Waals surface area contributed by atoms with E-state index in [-0.39, 0.29) is 1.43 Å². The van der Waals surface area contributed by atoms with Crippen LogP contribution >= 0.6 is 0 Å². The van der Waals surface area contributed by atoms with E-state index in [1.54, 1.807) is 0 Å². The maximum atomic E-state index is 3.21. The highest BCUT2D eigenvalue weighted by molar-refractivity contribution is 4.71. The van der Waals surface area contributed by atoms with Crippen LogP contribution in [-0.4, -0.2) is 13.1 Å². The Bertz CT molecular complexity index is 40.6. The van der Waals surface area contributed by atoms with E-state index in [1.165, 1.54) is 19.5 Å². The molecule has 38 valence electrons. The van der Waals surface area contributed by atoms with E-state index in [9.17, 15) is 0 Å². The van der Waals surface area contributed by atoms with Gasteiger partial charge in [0.2, 0.25) is 0 Å². The van der Waals surface area contributed by atoms with E-state index in [4.69, 9.17) is 0 Å². The van der Waals surface area contributed by atoms with E-state index < -0.39 is 0 Å². The summed E-state index contributed by atoms with van der Waals surface area (Å²) in [6.45, 7) is 4.76. The Morgan fingerprint density at radius 3 is 2.50 bits per heavy atom. The van der Waals surface area contributed by atoms with Crippen molar-refractivity contribution >= 4 is 0 Å². The van der Waals surface area contributed by atoms with Gasteiger partial charge in [-0.15, -0.1) is 0 Å². The highest BCUT2D eigenvalue weighted by atomic mass is 14.9. The minimum Gasteiger partial charge on any atom is -0.316 e. The molecule has 1 rings (SSSR count). The van der Waals surface area contributed by atoms with Gasteiger partial charge in [-0.05, 0) is 19.0 Å². The first-order chi connectivity index (χ1) is 2.93. The van der Waals surface area contributed by atoms with E-state index in [1.807, 2.05) is 0 Å². The summed E-state index contributed by atoms with van der Waals surface area (Å²) in [5.41, 5.74) is 0. The zero-order valence-corrected chi connectivity index (χ0v) is 4.20. The Morgan fingerprint density at radius 2 is 2.50 bits per heavy atom. The van der Waals surface area contributed by atoms with Crippen molar-refractivity contribution in [3.8, 4) is 0 Å². The fourth-order valence-corrected chi connectivity index (χ4v) is 0.637. The Hall–Kier alpha value is -0.0400. The van der Waals surface area contributed by atoms with Crippen molar-refractivity contribution in [1.82, 2.24) is 5.32 Å². The molecule has 0 aromatic heterocycles. The molecule has 1 nitrogen and oxygen atoms in total. The van der Waals surface area contributed by atoms with Crippen LogP contribution in [0.3, 0.4) is 0 Å². The van der Waals surface area contributed by atoms with Crippen molar-refractivity contribution < 1.29 is 1.43 Å². The van der Waals surface area contributed by atoms with E-state index >= 15 is 0 Å². The molecule has 1 aliphatic heterocycles. The van der Waals surface area contributed by atoms with E-state index in [0.29, 0.717) is 0 Å². The molecule has 0 aromatic rings. The second-order valence-electron chi connectivity index (χ2n) is 1.93. The van der Waals surface area contributed by atoms with E-state index in [2.05, 4.69) is 12.2 Å². The lowest BCUT2D eigenvalue weighted by atomic mass is 10.0. The minimum absolute atomic E-state index is 0. The summed E-state index contributed by atoms with van der Waals surface area (Å²) in [6, 6.07) is 0. The third-order valence-electron chi connectivity index (χ3n) is 1.44. The second kappa shape index (κ2) is 1.61. The fraction of sp³-hybridized carbons (Fsp3) is 1.00. The van der Waals surface area contributed by atoms with Gasteiger partial charge < -0.3 is 5.32 Å². The predicted octanol–water partition coefficient (Wildman–Crippen LogP) is 0.862. The molecule has 1 N–H and O–H groups in total. The predicted molar refractivity (Wildman–Crippen MR) is 28.8 cm³/mol. The number of hydrogen-bond acceptors (Lipinski definition) is 1. The van der Waals surface area contributed by atoms with Crippen LogP contribution in [0.4, 0.5) is 0 Å². The summed E-state index contributed by atoms with van der Waals surface area (Å²) in [7, 11) is 0. The van der Waals surface area contributed by atoms with Crippen LogP contribution in [0.5, 0.6) is 0 Å². The molecule has 1 saturated heterocycles. The average molecular weight is 87.2 g/mol. The number of nitrogens with one attached hydrogen (secondary N) is 1. The maximum Gasteiger partial charge on any atom is 0 e. The molecule has 1 fully saturated rings. The van der Waals surface area contributed by atoms with E-state index in [0.717, 1.165) is 5.92 Å². The minimum atomic E-state index is 0. The van der Waals surface area contributed by atoms with Gasteiger partial charge in [0.25, 0.3) is 0 Å². The lowest BCUT2D eigenvalue weighted by molar-refractivity contribution is 0.339. The SMILES string of the molecule is CCC1CNC1.[HH]. The highest BCUT2D eigenvalue weighted by Crippen LogP contribution is 2.05. The number of rotatable bonds is 1. The van der Waals surface area contributed by atoms with Gasteiger partial charge in [-0.3, -0.25) is 0 Å². The molecule has 0 amide bonds. The van der Waals surface area contributed by atoms with Crippen molar-refractivity contribution in [2.24, 2.45) is 5.92 Å². The van der Waals surface area contributed by atoms with Crippen LogP contribution in [0, 0.1) is 5.92 Å². The maximum absolute atomic E-state index is 3.21. The third kappa shape index (κ3) is 0.548. The molecule has 0 aromatic carbocycles. The molecule has 1 heterocycles. The Kier molecular flexibility index (Phi) is 1.10. The second-order valence-corrected chi connectivity index (χ2v) is 1.93. The Labute approximate surface area is 40.2 Å². The molecule has 1 aliphatic rings. The quantitative estimate of drug-likeness (QED) is 0.500. The van der Waals surface area contributed by atoms with Crippen LogP contribution in [0.1, 0.15) is 14.8 Å². The normalized spacial score (nSPS) is 23.5. The molecule has 0 bridgehead atoms. The first-order valence-corrected chi connectivity index (χ1v) is 2.64. The third-order valence-corrected chi connectivity index (χ3v) is 1.44. The molecule has 0 spiro atoms. The van der Waals surface area contributed by atoms with Crippen molar-refractivity contribution in [3.05, 3.63) is 0 Å². The molecule has 6 heavy (non-hydrogen) atoms. The monoisotopic (exact) mass is 87.1 g/mol. The van der Waals surface area contributed by atoms with Crippen LogP contribution in [-0.2, 0) is 0 Å². The molecule has 0 atom stereocenters. The highest BCUT2D eigenvalue weighted by Gasteiger charge is 2.12. The molecular formula is C5H13N. The standard InChI is InChI=1S/C5H11N.H2/c1-2-5-3-6-4-5;/h5-6H,2-4H2,1H3;1H. The van der Waals surface area contributed by atoms with Crippen LogP contribution in [0.2, 0.25) is 0 Å². The lowest BCUT2D eigenvalue weighted by Crippen LogP contribution is -2.41. The van der Waals surface area contributed by atoms with Gasteiger partial charge in [0, 0.05) is 1.43 Å². The largest absolute Gasteiger partial charge is 0.316 e. The smallest absolute Gasteiger partial charge is 0 e. The van der Waals surface area contributed by atoms with Crippen molar-refractivity contribution in [2.75, 3.05) is 13.1 Å². The van der Waals surface area contributed by atoms with Gasteiger partial charge in [-0.2, -0.15) is 0 Å². The van der Waals surface area contributed by atoms with Gasteiger partial charge in [0.05, 0.1) is 0 Å². The lowest BCUT2D eigenvalue weighted by Gasteiger charge is -2.25. The van der Waals surface area contributed by atoms with Crippen molar-refractivity contribution in [1.29, 1.82) is 0 Å². The summed E-state index contributed by atoms with van der Waals surface area (Å²) in [5.74, 6) is 1.00. The zero-order chi connectivity index (χ0) is 4.41. The molecule has 0 radical (unpaired) electrons. The van der Waals surface area contributed by atoms with Crippen LogP contribution in [0.25, 0.3) is 0 Å². The van der Waals surface area contributed by atoms with Crippen LogP contribution in [0.15, 0.2) is 0 Å². The zero-order valence-electron chi connectivity index (χ0n) is 4.20. The molecule has 0 saturated carbocycles. The van der Waals surface area contributed by atoms with Gasteiger partial charge in [0.1, 0.15) is 0 Å². The summed E-state index contributed by atoms with van der Waals surface area (Å²) >= 11 is 0. The molecule has 1 heteroatoms. The molecule has 0 unspecified atom stereocenters. The fourth-order valence-electron chi connectivity index (χ4n) is 0.637. The van der Waals surface area contributed by atoms with Gasteiger partial charge in [0.15, 0.2) is 0 Å². The summed E-state index contributed by atoms with van der Waals surface area (Å²) in [5, 5.41) is 3.21. The topological polar surface area (TPSA) is 12.0 Å². The Morgan fingerprint density at radius 1 is 1.83 bits per heavy atom. The average Bonchev–Trinajstić information content (AvgIpc) is 1.31. The summed E-state index contributed by atoms with van der Waals surface area (Å²) < 4.78 is 0. The number of hydrogen-bond donors (Lipinski definition) is 1. The van der Waals surface area contributed by atoms with Gasteiger partial charge in [-0.1, -0.05) is 13.3 Å². The first kappa shape index (κ1) is 4.13. The summed E-state index contributed by atoms with van der Waals surface area (Å²) in [6.07, 6.45) is 1.35. The molecular weight excluding hydrogens is 74.1 g/mol. The first-order valence-electron chi connectivity index (χ1n) is 2.64. The summed E-state index contributed by atoms with van der Waals surface area (Å²) in [4.78, 5) is 0. The van der Waals surface area contributed by atoms with Gasteiger partial charge >= 0.3 is 0 Å². The van der Waals surface area contributed by atoms with Crippen LogP contribution < -0.4 is 5.32 Å². The van der Waals surface area contributed by atoms with Crippen molar-refractivity contribution in [2.45, 2.75) is 13.3 Å².